The lowest BCUT2D eigenvalue weighted by molar-refractivity contribution is -0.385. The minimum atomic E-state index is -0.623. The molecular weight excluding hydrogens is 394 g/mol. The lowest BCUT2D eigenvalue weighted by Crippen LogP contribution is -2.43. The Morgan fingerprint density at radius 1 is 1.27 bits per heavy atom. The summed E-state index contributed by atoms with van der Waals surface area (Å²) in [6.07, 6.45) is 0.296. The van der Waals surface area contributed by atoms with Crippen LogP contribution < -0.4 is 19.7 Å². The third-order valence-electron chi connectivity index (χ3n) is 4.51. The van der Waals surface area contributed by atoms with E-state index in [1.807, 2.05) is 0 Å². The summed E-state index contributed by atoms with van der Waals surface area (Å²) in [6.45, 7) is 1.14. The molecule has 0 spiro atoms. The van der Waals surface area contributed by atoms with Crippen LogP contribution in [0.3, 0.4) is 0 Å². The second kappa shape index (κ2) is 8.60. The van der Waals surface area contributed by atoms with Crippen molar-refractivity contribution in [3.63, 3.8) is 0 Å². The Labute approximate surface area is 171 Å². The van der Waals surface area contributed by atoms with Crippen molar-refractivity contribution in [2.24, 2.45) is 0 Å². The second-order valence-corrected chi connectivity index (χ2v) is 6.42. The number of ketones is 1. The van der Waals surface area contributed by atoms with Crippen LogP contribution in [-0.2, 0) is 9.59 Å². The van der Waals surface area contributed by atoms with Gasteiger partial charge in [0.05, 0.1) is 17.7 Å². The van der Waals surface area contributed by atoms with E-state index in [1.165, 1.54) is 36.3 Å². The van der Waals surface area contributed by atoms with Crippen LogP contribution in [0.2, 0.25) is 0 Å². The normalized spacial score (nSPS) is 12.6. The molecule has 1 aliphatic heterocycles. The molecule has 3 rings (SSSR count). The van der Waals surface area contributed by atoms with E-state index in [2.05, 4.69) is 5.32 Å². The minimum Gasteiger partial charge on any atom is -0.490 e. The van der Waals surface area contributed by atoms with Crippen LogP contribution in [0, 0.1) is 10.1 Å². The van der Waals surface area contributed by atoms with Crippen molar-refractivity contribution in [2.45, 2.75) is 13.3 Å². The third kappa shape index (κ3) is 4.22. The predicted octanol–water partition coefficient (Wildman–Crippen LogP) is 2.56. The van der Waals surface area contributed by atoms with Crippen LogP contribution in [0.4, 0.5) is 17.1 Å². The van der Waals surface area contributed by atoms with Crippen molar-refractivity contribution in [2.75, 3.05) is 30.5 Å². The first-order valence-corrected chi connectivity index (χ1v) is 9.06. The molecule has 0 aliphatic carbocycles. The third-order valence-corrected chi connectivity index (χ3v) is 4.51. The van der Waals surface area contributed by atoms with Gasteiger partial charge in [-0.15, -0.1) is 0 Å². The van der Waals surface area contributed by atoms with Crippen molar-refractivity contribution in [3.05, 3.63) is 52.1 Å². The van der Waals surface area contributed by atoms with E-state index in [-0.39, 0.29) is 36.1 Å². The molecule has 1 aliphatic rings. The van der Waals surface area contributed by atoms with Gasteiger partial charge in [-0.2, -0.15) is 0 Å². The number of rotatable bonds is 7. The first kappa shape index (κ1) is 20.8. The molecule has 156 valence electrons. The van der Waals surface area contributed by atoms with E-state index in [0.29, 0.717) is 23.4 Å². The first-order valence-electron chi connectivity index (χ1n) is 9.06. The number of ether oxygens (including phenoxy) is 2. The van der Waals surface area contributed by atoms with Gasteiger partial charge in [0.2, 0.25) is 5.91 Å². The zero-order chi connectivity index (χ0) is 21.8. The Hall–Kier alpha value is -3.95. The van der Waals surface area contributed by atoms with Crippen LogP contribution in [0.1, 0.15) is 23.7 Å². The molecule has 0 saturated heterocycles. The molecule has 1 N–H and O–H groups in total. The number of hydrogen-bond donors (Lipinski definition) is 1. The SMILES string of the molecule is CCC(=O)c1ccc2c(c1)N(CC(=O)Nc1ccc(OC)c([N+](=O)[O-])c1)C(=O)CO2. The molecule has 2 amide bonds. The molecular formula is C20H19N3O7. The molecule has 0 unspecified atom stereocenters. The summed E-state index contributed by atoms with van der Waals surface area (Å²) in [4.78, 5) is 48.6. The number of nitrogens with one attached hydrogen (secondary N) is 1. The quantitative estimate of drug-likeness (QED) is 0.420. The molecule has 0 aromatic heterocycles. The number of methoxy groups -OCH3 is 1. The Bertz CT molecular complexity index is 1040. The van der Waals surface area contributed by atoms with Crippen LogP contribution in [-0.4, -0.2) is 42.8 Å². The number of benzene rings is 2. The Kier molecular flexibility index (Phi) is 5.95. The molecule has 2 aromatic rings. The molecule has 0 radical (unpaired) electrons. The fraction of sp³-hybridized carbons (Fsp3) is 0.250. The number of nitrogens with zero attached hydrogens (tertiary/aromatic N) is 2. The topological polar surface area (TPSA) is 128 Å². The smallest absolute Gasteiger partial charge is 0.312 e. The van der Waals surface area contributed by atoms with Crippen LogP contribution >= 0.6 is 0 Å². The van der Waals surface area contributed by atoms with E-state index in [4.69, 9.17) is 9.47 Å². The maximum Gasteiger partial charge on any atom is 0.312 e. The highest BCUT2D eigenvalue weighted by atomic mass is 16.6. The van der Waals surface area contributed by atoms with Gasteiger partial charge in [0.25, 0.3) is 5.91 Å². The number of nitro groups is 1. The maximum absolute atomic E-state index is 12.5. The molecule has 10 heteroatoms. The number of carbonyl (C=O) groups is 3. The van der Waals surface area contributed by atoms with E-state index in [9.17, 15) is 24.5 Å². The largest absolute Gasteiger partial charge is 0.490 e. The molecule has 0 fully saturated rings. The molecule has 10 nitrogen and oxygen atoms in total. The van der Waals surface area contributed by atoms with Crippen molar-refractivity contribution in [1.29, 1.82) is 0 Å². The van der Waals surface area contributed by atoms with Gasteiger partial charge in [-0.1, -0.05) is 6.92 Å². The standard InChI is InChI=1S/C20H19N3O7/c1-3-16(24)12-4-6-18-14(8-12)22(20(26)11-30-18)10-19(25)21-13-5-7-17(29-2)15(9-13)23(27)28/h4-9H,3,10-11H2,1-2H3,(H,21,25). The number of hydrogen-bond acceptors (Lipinski definition) is 7. The van der Waals surface area contributed by atoms with Gasteiger partial charge >= 0.3 is 5.69 Å². The maximum atomic E-state index is 12.5. The van der Waals surface area contributed by atoms with Crippen LogP contribution in [0.15, 0.2) is 36.4 Å². The number of fused-ring (bicyclic) bond motifs is 1. The monoisotopic (exact) mass is 413 g/mol. The Balaban J connectivity index is 1.82. The average Bonchev–Trinajstić information content (AvgIpc) is 2.74. The fourth-order valence-corrected chi connectivity index (χ4v) is 3.01. The van der Waals surface area contributed by atoms with Gasteiger partial charge in [0, 0.05) is 23.7 Å². The van der Waals surface area contributed by atoms with Crippen molar-refractivity contribution in [1.82, 2.24) is 0 Å². The van der Waals surface area contributed by atoms with Crippen molar-refractivity contribution in [3.8, 4) is 11.5 Å². The zero-order valence-corrected chi connectivity index (χ0v) is 16.3. The van der Waals surface area contributed by atoms with Crippen LogP contribution in [0.5, 0.6) is 11.5 Å². The van der Waals surface area contributed by atoms with Crippen molar-refractivity contribution >= 4 is 34.7 Å². The summed E-state index contributed by atoms with van der Waals surface area (Å²) >= 11 is 0. The average molecular weight is 413 g/mol. The van der Waals surface area contributed by atoms with E-state index >= 15 is 0 Å². The van der Waals surface area contributed by atoms with E-state index in [1.54, 1.807) is 19.1 Å². The zero-order valence-electron chi connectivity index (χ0n) is 16.3. The number of carbonyl (C=O) groups excluding carboxylic acids is 3. The summed E-state index contributed by atoms with van der Waals surface area (Å²) in [6, 6.07) is 8.70. The molecule has 30 heavy (non-hydrogen) atoms. The predicted molar refractivity (Wildman–Crippen MR) is 107 cm³/mol. The number of anilines is 2. The van der Waals surface area contributed by atoms with E-state index < -0.39 is 16.7 Å². The highest BCUT2D eigenvalue weighted by Gasteiger charge is 2.28. The first-order chi connectivity index (χ1) is 14.3. The Morgan fingerprint density at radius 3 is 2.70 bits per heavy atom. The lowest BCUT2D eigenvalue weighted by Gasteiger charge is -2.29. The minimum absolute atomic E-state index is 0.0587. The van der Waals surface area contributed by atoms with E-state index in [0.717, 1.165) is 0 Å². The van der Waals surface area contributed by atoms with Crippen LogP contribution in [0.25, 0.3) is 0 Å². The molecule has 0 atom stereocenters. The van der Waals surface area contributed by atoms with Gasteiger partial charge in [-0.25, -0.2) is 0 Å². The summed E-state index contributed by atoms with van der Waals surface area (Å²) < 4.78 is 10.3. The Morgan fingerprint density at radius 2 is 2.03 bits per heavy atom. The molecule has 0 bridgehead atoms. The van der Waals surface area contributed by atoms with Crippen molar-refractivity contribution < 1.29 is 28.8 Å². The fourth-order valence-electron chi connectivity index (χ4n) is 3.01. The number of nitro benzene ring substituents is 1. The summed E-state index contributed by atoms with van der Waals surface area (Å²) in [5.41, 5.74) is 0.612. The highest BCUT2D eigenvalue weighted by molar-refractivity contribution is 6.06. The summed E-state index contributed by atoms with van der Waals surface area (Å²) in [5, 5.41) is 13.7. The van der Waals surface area contributed by atoms with Gasteiger partial charge in [-0.05, 0) is 30.3 Å². The van der Waals surface area contributed by atoms with Gasteiger partial charge < -0.3 is 14.8 Å². The number of amides is 2. The van der Waals surface area contributed by atoms with Gasteiger partial charge in [0.15, 0.2) is 18.1 Å². The molecule has 2 aromatic carbocycles. The molecule has 0 saturated carbocycles. The second-order valence-electron chi connectivity index (χ2n) is 6.42. The van der Waals surface area contributed by atoms with Gasteiger partial charge in [0.1, 0.15) is 12.3 Å². The highest BCUT2D eigenvalue weighted by Crippen LogP contribution is 2.34. The summed E-state index contributed by atoms with van der Waals surface area (Å²) in [7, 11) is 1.31. The van der Waals surface area contributed by atoms with Gasteiger partial charge in [-0.3, -0.25) is 29.4 Å². The molecule has 1 heterocycles. The lowest BCUT2D eigenvalue weighted by atomic mass is 10.1. The summed E-state index contributed by atoms with van der Waals surface area (Å²) in [5.74, 6) is -0.674. The number of Topliss-reactive ketones (excluding diaryl/α,β-unsaturated/α-hetero) is 1.